The van der Waals surface area contributed by atoms with E-state index in [1.54, 1.807) is 0 Å². The summed E-state index contributed by atoms with van der Waals surface area (Å²) < 4.78 is 106. The number of anilines is 10. The van der Waals surface area contributed by atoms with E-state index in [4.69, 9.17) is 0 Å². The van der Waals surface area contributed by atoms with Crippen molar-refractivity contribution in [1.82, 2.24) is 0 Å². The van der Waals surface area contributed by atoms with E-state index in [0.29, 0.717) is 104 Å². The number of nitrogens with zero attached hydrogens (tertiary/aromatic N) is 6. The molecule has 0 fully saturated rings. The Morgan fingerprint density at radius 2 is 0.309 bits per heavy atom. The van der Waals surface area contributed by atoms with Gasteiger partial charge in [-0.15, -0.1) is 0 Å². The van der Waals surface area contributed by atoms with Crippen LogP contribution in [-0.2, 0) is 0 Å². The van der Waals surface area contributed by atoms with Crippen molar-refractivity contribution in [3.63, 3.8) is 0 Å². The first-order valence-electron chi connectivity index (χ1n) is 24.0. The van der Waals surface area contributed by atoms with Crippen molar-refractivity contribution in [1.29, 1.82) is 0 Å². The molecule has 5 aromatic rings. The van der Waals surface area contributed by atoms with Crippen LogP contribution in [0.2, 0.25) is 0 Å². The molecule has 0 aliphatic carbocycles. The van der Waals surface area contributed by atoms with Crippen molar-refractivity contribution in [3.8, 4) is 0 Å². The third kappa shape index (κ3) is 15.7. The van der Waals surface area contributed by atoms with Crippen LogP contribution in [0.3, 0.4) is 0 Å². The molecule has 0 N–H and O–H groups in total. The molecule has 68 heavy (non-hydrogen) atoms. The lowest BCUT2D eigenvalue weighted by Crippen LogP contribution is -2.26. The highest BCUT2D eigenvalue weighted by molar-refractivity contribution is 5.82. The topological polar surface area (TPSA) is 19.4 Å². The lowest BCUT2D eigenvalue weighted by Gasteiger charge is -2.31. The Morgan fingerprint density at radius 3 is 0.426 bits per heavy atom. The first kappa shape index (κ1) is 53.3. The Hall–Kier alpha value is -5.66. The molecule has 370 valence electrons. The summed E-state index contributed by atoms with van der Waals surface area (Å²) in [4.78, 5) is 12.2. The molecule has 0 aliphatic rings. The molecular formula is C54H68F8N6. The second-order valence-electron chi connectivity index (χ2n) is 16.5. The number of halogens is 8. The molecule has 0 spiro atoms. The van der Waals surface area contributed by atoms with Gasteiger partial charge in [0, 0.05) is 109 Å². The number of alkyl halides is 8. The third-order valence-corrected chi connectivity index (χ3v) is 11.8. The second-order valence-corrected chi connectivity index (χ2v) is 16.5. The molecule has 14 heteroatoms. The summed E-state index contributed by atoms with van der Waals surface area (Å²) in [6, 6.07) is 39.6. The Labute approximate surface area is 398 Å². The molecule has 0 bridgehead atoms. The van der Waals surface area contributed by atoms with Crippen LogP contribution in [0, 0.1) is 0 Å². The van der Waals surface area contributed by atoms with Gasteiger partial charge in [0.25, 0.3) is 0 Å². The van der Waals surface area contributed by atoms with Gasteiger partial charge >= 0.3 is 0 Å². The lowest BCUT2D eigenvalue weighted by molar-refractivity contribution is 0.453. The van der Waals surface area contributed by atoms with Crippen LogP contribution in [0.1, 0.15) is 51.4 Å². The molecule has 6 nitrogen and oxygen atoms in total. The minimum atomic E-state index is -0.472. The molecule has 0 radical (unpaired) electrons. The fourth-order valence-corrected chi connectivity index (χ4v) is 8.38. The van der Waals surface area contributed by atoms with E-state index in [1.807, 2.05) is 141 Å². The van der Waals surface area contributed by atoms with Gasteiger partial charge in [0.1, 0.15) is 0 Å². The van der Waals surface area contributed by atoms with Crippen molar-refractivity contribution in [2.75, 3.05) is 135 Å². The smallest absolute Gasteiger partial charge is 0.0911 e. The van der Waals surface area contributed by atoms with Gasteiger partial charge < -0.3 is 29.4 Å². The lowest BCUT2D eigenvalue weighted by atomic mass is 10.1. The molecule has 0 unspecified atom stereocenters. The van der Waals surface area contributed by atoms with E-state index >= 15 is 0 Å². The summed E-state index contributed by atoms with van der Waals surface area (Å²) in [5.74, 6) is 0. The fourth-order valence-electron chi connectivity index (χ4n) is 8.38. The Kier molecular flexibility index (Phi) is 23.5. The van der Waals surface area contributed by atoms with E-state index in [9.17, 15) is 35.1 Å². The minimum absolute atomic E-state index is 0.330. The van der Waals surface area contributed by atoms with Gasteiger partial charge in [-0.1, -0.05) is 0 Å². The zero-order valence-electron chi connectivity index (χ0n) is 39.2. The summed E-state index contributed by atoms with van der Waals surface area (Å²) in [5.41, 5.74) is 8.38. The van der Waals surface area contributed by atoms with Crippen LogP contribution < -0.4 is 29.4 Å². The van der Waals surface area contributed by atoms with Gasteiger partial charge in [-0.25, -0.2) is 0 Å². The van der Waals surface area contributed by atoms with Crippen molar-refractivity contribution in [2.45, 2.75) is 51.4 Å². The van der Waals surface area contributed by atoms with Crippen LogP contribution in [0.4, 0.5) is 92.0 Å². The average molecular weight is 953 g/mol. The highest BCUT2D eigenvalue weighted by atomic mass is 19.2. The van der Waals surface area contributed by atoms with Gasteiger partial charge in [-0.05, 0) is 173 Å². The van der Waals surface area contributed by atoms with Crippen LogP contribution in [-0.4, -0.2) is 106 Å². The molecular weight excluding hydrogens is 885 g/mol. The van der Waals surface area contributed by atoms with Gasteiger partial charge in [0.2, 0.25) is 0 Å². The van der Waals surface area contributed by atoms with E-state index in [-0.39, 0.29) is 0 Å². The molecule has 5 aromatic carbocycles. The number of benzene rings is 5. The Morgan fingerprint density at radius 1 is 0.191 bits per heavy atom. The maximum Gasteiger partial charge on any atom is 0.0911 e. The number of hydrogen-bond donors (Lipinski definition) is 0. The quantitative estimate of drug-likeness (QED) is 0.0380. The zero-order valence-corrected chi connectivity index (χ0v) is 39.2. The van der Waals surface area contributed by atoms with Crippen LogP contribution in [0.5, 0.6) is 0 Å². The Balaban J connectivity index is 1.58. The molecule has 0 aromatic heterocycles. The first-order valence-corrected chi connectivity index (χ1v) is 24.0. The maximum atomic E-state index is 13.3. The van der Waals surface area contributed by atoms with E-state index in [2.05, 4.69) is 9.80 Å². The molecule has 0 heterocycles. The Bertz CT molecular complexity index is 1770. The summed E-state index contributed by atoms with van der Waals surface area (Å²) in [5, 5.41) is 0. The number of rotatable bonds is 34. The molecule has 0 atom stereocenters. The second kappa shape index (κ2) is 30.0. The van der Waals surface area contributed by atoms with Crippen molar-refractivity contribution in [3.05, 3.63) is 121 Å². The average Bonchev–Trinajstić information content (AvgIpc) is 3.38. The molecule has 0 saturated heterocycles. The van der Waals surface area contributed by atoms with Gasteiger partial charge in [0.05, 0.1) is 53.4 Å². The SMILES string of the molecule is FCCCN(CCCF)c1ccc(N(c2ccc(N(CCCF)CCCF)cc2)c2ccc(N(c3ccc(N(CCCF)CCCF)cc3)c3ccc(N(CCCF)CCCF)cc3)cc2)cc1. The maximum absolute atomic E-state index is 13.3. The molecule has 0 aliphatic heterocycles. The fraction of sp³-hybridized carbons (Fsp3) is 0.444. The van der Waals surface area contributed by atoms with Crippen LogP contribution >= 0.6 is 0 Å². The van der Waals surface area contributed by atoms with Gasteiger partial charge in [-0.3, -0.25) is 35.1 Å². The highest BCUT2D eigenvalue weighted by Crippen LogP contribution is 2.41. The summed E-state index contributed by atoms with van der Waals surface area (Å²) in [6.07, 6.45) is 2.64. The van der Waals surface area contributed by atoms with Crippen molar-refractivity contribution in [2.24, 2.45) is 0 Å². The third-order valence-electron chi connectivity index (χ3n) is 11.8. The van der Waals surface area contributed by atoms with Crippen molar-refractivity contribution < 1.29 is 35.1 Å². The van der Waals surface area contributed by atoms with Crippen LogP contribution in [0.15, 0.2) is 121 Å². The predicted molar refractivity (Wildman–Crippen MR) is 269 cm³/mol. The molecule has 5 rings (SSSR count). The first-order chi connectivity index (χ1) is 33.4. The predicted octanol–water partition coefficient (Wildman–Crippen LogP) is 14.7. The zero-order chi connectivity index (χ0) is 48.4. The monoisotopic (exact) mass is 953 g/mol. The normalized spacial score (nSPS) is 11.2. The molecule has 0 amide bonds. The van der Waals surface area contributed by atoms with E-state index < -0.39 is 53.4 Å². The largest absolute Gasteiger partial charge is 0.371 e. The molecule has 0 saturated carbocycles. The van der Waals surface area contributed by atoms with Crippen molar-refractivity contribution >= 4 is 56.9 Å². The summed E-state index contributed by atoms with van der Waals surface area (Å²) >= 11 is 0. The number of hydrogen-bond acceptors (Lipinski definition) is 6. The standard InChI is InChI=1S/C54H68F8N6/c55-29-1-37-63(38-2-30-56)45-9-17-49(18-10-45)67(50-19-11-46(12-20-50)64(39-3-31-57)40-4-32-58)53-25-27-54(28-26-53)68(51-21-13-47(14-22-51)65(41-5-33-59)42-6-34-60)52-23-15-48(16-24-52)66(43-7-35-61)44-8-36-62/h9-28H,1-8,29-44H2. The van der Waals surface area contributed by atoms with E-state index in [0.717, 1.165) is 56.9 Å². The summed E-state index contributed by atoms with van der Waals surface area (Å²) in [6.45, 7) is -0.115. The van der Waals surface area contributed by atoms with Gasteiger partial charge in [-0.2, -0.15) is 0 Å². The summed E-state index contributed by atoms with van der Waals surface area (Å²) in [7, 11) is 0. The van der Waals surface area contributed by atoms with Gasteiger partial charge in [0.15, 0.2) is 0 Å². The highest BCUT2D eigenvalue weighted by Gasteiger charge is 2.19. The minimum Gasteiger partial charge on any atom is -0.371 e. The van der Waals surface area contributed by atoms with E-state index in [1.165, 1.54) is 0 Å². The van der Waals surface area contributed by atoms with Crippen LogP contribution in [0.25, 0.3) is 0 Å².